The number of fused-ring (bicyclic) bond motifs is 1. The Morgan fingerprint density at radius 1 is 1.35 bits per heavy atom. The van der Waals surface area contributed by atoms with Gasteiger partial charge < -0.3 is 15.0 Å². The largest absolute Gasteiger partial charge is 0.369 e. The fourth-order valence-corrected chi connectivity index (χ4v) is 3.01. The highest BCUT2D eigenvalue weighted by atomic mass is 16.5. The zero-order valence-electron chi connectivity index (χ0n) is 11.8. The monoisotopic (exact) mass is 274 g/mol. The zero-order valence-corrected chi connectivity index (χ0v) is 11.8. The molecule has 0 saturated carbocycles. The Hall–Kier alpha value is -1.55. The molecule has 3 rings (SSSR count). The fraction of sp³-hybridized carbons (Fsp3) is 0.562. The summed E-state index contributed by atoms with van der Waals surface area (Å²) in [6, 6.07) is 8.51. The number of amides is 1. The molecule has 0 bridgehead atoms. The zero-order chi connectivity index (χ0) is 13.8. The molecule has 0 radical (unpaired) electrons. The van der Waals surface area contributed by atoms with Gasteiger partial charge in [0.1, 0.15) is 6.10 Å². The molecule has 0 aliphatic carbocycles. The van der Waals surface area contributed by atoms with Gasteiger partial charge in [0.2, 0.25) is 5.91 Å². The Bertz CT molecular complexity index is 469. The van der Waals surface area contributed by atoms with Gasteiger partial charge >= 0.3 is 0 Å². The molecule has 2 aliphatic heterocycles. The molecule has 1 aromatic carbocycles. The lowest BCUT2D eigenvalue weighted by atomic mass is 10.1. The molecule has 4 nitrogen and oxygen atoms in total. The molecule has 1 amide bonds. The van der Waals surface area contributed by atoms with Crippen molar-refractivity contribution in [3.05, 3.63) is 29.8 Å². The van der Waals surface area contributed by atoms with Gasteiger partial charge in [-0.3, -0.25) is 4.79 Å². The van der Waals surface area contributed by atoms with Crippen LogP contribution in [0.3, 0.4) is 0 Å². The van der Waals surface area contributed by atoms with Crippen molar-refractivity contribution in [2.24, 2.45) is 0 Å². The number of nitrogens with one attached hydrogen (secondary N) is 1. The summed E-state index contributed by atoms with van der Waals surface area (Å²) in [5.74, 6) is 0.0529. The van der Waals surface area contributed by atoms with Crippen LogP contribution in [0.25, 0.3) is 0 Å². The molecular weight excluding hydrogens is 252 g/mol. The molecule has 1 aromatic rings. The molecule has 1 saturated heterocycles. The van der Waals surface area contributed by atoms with Gasteiger partial charge in [-0.2, -0.15) is 0 Å². The summed E-state index contributed by atoms with van der Waals surface area (Å²) in [5, 5.41) is 3.00. The molecule has 4 heteroatoms. The summed E-state index contributed by atoms with van der Waals surface area (Å²) >= 11 is 0. The van der Waals surface area contributed by atoms with Crippen molar-refractivity contribution in [1.82, 2.24) is 5.32 Å². The van der Waals surface area contributed by atoms with E-state index in [1.165, 1.54) is 11.3 Å². The number of para-hydroxylation sites is 1. The van der Waals surface area contributed by atoms with Crippen LogP contribution < -0.4 is 10.2 Å². The number of carbonyl (C=O) groups is 1. The lowest BCUT2D eigenvalue weighted by Crippen LogP contribution is -2.41. The lowest BCUT2D eigenvalue weighted by molar-refractivity contribution is -0.135. The second kappa shape index (κ2) is 6.27. The maximum atomic E-state index is 12.0. The van der Waals surface area contributed by atoms with Crippen molar-refractivity contribution in [3.8, 4) is 0 Å². The van der Waals surface area contributed by atoms with Crippen LogP contribution in [0.15, 0.2) is 24.3 Å². The van der Waals surface area contributed by atoms with Gasteiger partial charge in [-0.1, -0.05) is 18.2 Å². The SMILES string of the molecule is O=C(NCCN1CCc2ccccc21)C1CCCCO1. The lowest BCUT2D eigenvalue weighted by Gasteiger charge is -2.23. The van der Waals surface area contributed by atoms with Crippen LogP contribution >= 0.6 is 0 Å². The Balaban J connectivity index is 1.45. The van der Waals surface area contributed by atoms with E-state index >= 15 is 0 Å². The van der Waals surface area contributed by atoms with Crippen LogP contribution in [0.5, 0.6) is 0 Å². The Kier molecular flexibility index (Phi) is 4.21. The number of benzene rings is 1. The minimum atomic E-state index is -0.227. The van der Waals surface area contributed by atoms with Crippen LogP contribution in [-0.4, -0.2) is 38.3 Å². The van der Waals surface area contributed by atoms with Crippen LogP contribution in [0.1, 0.15) is 24.8 Å². The summed E-state index contributed by atoms with van der Waals surface area (Å²) in [5.41, 5.74) is 2.73. The minimum Gasteiger partial charge on any atom is -0.369 e. The molecule has 108 valence electrons. The van der Waals surface area contributed by atoms with Crippen molar-refractivity contribution >= 4 is 11.6 Å². The van der Waals surface area contributed by atoms with E-state index in [2.05, 4.69) is 34.5 Å². The molecule has 1 N–H and O–H groups in total. The first-order chi connectivity index (χ1) is 9.84. The summed E-state index contributed by atoms with van der Waals surface area (Å²) in [6.07, 6.45) is 3.91. The number of hydrogen-bond acceptors (Lipinski definition) is 3. The number of anilines is 1. The van der Waals surface area contributed by atoms with Gasteiger partial charge in [-0.15, -0.1) is 0 Å². The van der Waals surface area contributed by atoms with Gasteiger partial charge in [0.25, 0.3) is 0 Å². The van der Waals surface area contributed by atoms with Gasteiger partial charge in [-0.05, 0) is 37.3 Å². The van der Waals surface area contributed by atoms with Crippen molar-refractivity contribution in [2.75, 3.05) is 31.1 Å². The van der Waals surface area contributed by atoms with Crippen LogP contribution in [0.2, 0.25) is 0 Å². The number of carbonyl (C=O) groups excluding carboxylic acids is 1. The molecule has 2 heterocycles. The molecule has 1 atom stereocenters. The van der Waals surface area contributed by atoms with Crippen LogP contribution in [0.4, 0.5) is 5.69 Å². The molecule has 0 aromatic heterocycles. The molecular formula is C16H22N2O2. The van der Waals surface area contributed by atoms with Crippen molar-refractivity contribution in [2.45, 2.75) is 31.8 Å². The number of hydrogen-bond donors (Lipinski definition) is 1. The summed E-state index contributed by atoms with van der Waals surface area (Å²) in [4.78, 5) is 14.3. The highest BCUT2D eigenvalue weighted by molar-refractivity contribution is 5.80. The Labute approximate surface area is 120 Å². The van der Waals surface area contributed by atoms with E-state index in [-0.39, 0.29) is 12.0 Å². The number of rotatable bonds is 4. The van der Waals surface area contributed by atoms with E-state index in [1.807, 2.05) is 0 Å². The molecule has 0 spiro atoms. The highest BCUT2D eigenvalue weighted by Crippen LogP contribution is 2.26. The second-order valence-corrected chi connectivity index (χ2v) is 5.51. The third-order valence-electron chi connectivity index (χ3n) is 4.14. The maximum Gasteiger partial charge on any atom is 0.249 e. The van der Waals surface area contributed by atoms with Crippen molar-refractivity contribution in [3.63, 3.8) is 0 Å². The first-order valence-corrected chi connectivity index (χ1v) is 7.57. The van der Waals surface area contributed by atoms with Crippen molar-refractivity contribution < 1.29 is 9.53 Å². The minimum absolute atomic E-state index is 0.0529. The number of nitrogens with zero attached hydrogens (tertiary/aromatic N) is 1. The van der Waals surface area contributed by atoms with Gasteiger partial charge in [0, 0.05) is 31.9 Å². The first kappa shape index (κ1) is 13.4. The first-order valence-electron chi connectivity index (χ1n) is 7.57. The van der Waals surface area contributed by atoms with Gasteiger partial charge in [0.15, 0.2) is 0 Å². The normalized spacial score (nSPS) is 21.6. The van der Waals surface area contributed by atoms with E-state index < -0.39 is 0 Å². The highest BCUT2D eigenvalue weighted by Gasteiger charge is 2.22. The quantitative estimate of drug-likeness (QED) is 0.909. The maximum absolute atomic E-state index is 12.0. The molecule has 2 aliphatic rings. The van der Waals surface area contributed by atoms with Crippen LogP contribution in [0, 0.1) is 0 Å². The average molecular weight is 274 g/mol. The summed E-state index contributed by atoms with van der Waals surface area (Å²) < 4.78 is 5.49. The van der Waals surface area contributed by atoms with E-state index in [0.29, 0.717) is 6.54 Å². The van der Waals surface area contributed by atoms with Crippen LogP contribution in [-0.2, 0) is 16.0 Å². The van der Waals surface area contributed by atoms with E-state index in [9.17, 15) is 4.79 Å². The molecule has 1 unspecified atom stereocenters. The predicted octanol–water partition coefficient (Wildman–Crippen LogP) is 1.73. The van der Waals surface area contributed by atoms with Gasteiger partial charge in [-0.25, -0.2) is 0 Å². The third-order valence-corrected chi connectivity index (χ3v) is 4.14. The third kappa shape index (κ3) is 2.96. The predicted molar refractivity (Wildman–Crippen MR) is 79.0 cm³/mol. The molecule has 20 heavy (non-hydrogen) atoms. The Morgan fingerprint density at radius 2 is 2.25 bits per heavy atom. The van der Waals surface area contributed by atoms with E-state index in [1.54, 1.807) is 0 Å². The van der Waals surface area contributed by atoms with Crippen molar-refractivity contribution in [1.29, 1.82) is 0 Å². The average Bonchev–Trinajstić information content (AvgIpc) is 2.92. The fourth-order valence-electron chi connectivity index (χ4n) is 3.01. The second-order valence-electron chi connectivity index (χ2n) is 5.51. The topological polar surface area (TPSA) is 41.6 Å². The van der Waals surface area contributed by atoms with E-state index in [4.69, 9.17) is 4.74 Å². The van der Waals surface area contributed by atoms with Gasteiger partial charge in [0.05, 0.1) is 0 Å². The Morgan fingerprint density at radius 3 is 3.10 bits per heavy atom. The smallest absolute Gasteiger partial charge is 0.249 e. The van der Waals surface area contributed by atoms with E-state index in [0.717, 1.165) is 45.4 Å². The summed E-state index contributed by atoms with van der Waals surface area (Å²) in [6.45, 7) is 3.33. The standard InChI is InChI=1S/C16H22N2O2/c19-16(15-7-3-4-12-20-15)17-9-11-18-10-8-13-5-1-2-6-14(13)18/h1-2,5-6,15H,3-4,7-12H2,(H,17,19). The summed E-state index contributed by atoms with van der Waals surface area (Å²) in [7, 11) is 0. The number of ether oxygens (including phenoxy) is 1. The molecule has 1 fully saturated rings.